The highest BCUT2D eigenvalue weighted by atomic mass is 35.5. The highest BCUT2D eigenvalue weighted by Crippen LogP contribution is 2.36. The lowest BCUT2D eigenvalue weighted by Crippen LogP contribution is -1.98. The predicted octanol–water partition coefficient (Wildman–Crippen LogP) is 6.51. The topological polar surface area (TPSA) is 40.5 Å². The number of aryl methyl sites for hydroxylation is 1. The fraction of sp³-hybridized carbons (Fsp3) is 0.115. The molecule has 1 aromatic heterocycles. The standard InChI is InChI=1S/C26H20ClNO3/c1-2-28-15-18(20-8-4-6-10-23(20)28)13-25-26(29)21-12-11-19(14-24(21)31-25)30-16-17-7-3-5-9-22(17)27/h3-15H,2,16H2,1H3. The van der Waals surface area contributed by atoms with E-state index in [2.05, 4.69) is 29.8 Å². The first-order chi connectivity index (χ1) is 15.1. The molecule has 4 aromatic rings. The van der Waals surface area contributed by atoms with Crippen molar-refractivity contribution in [3.8, 4) is 11.5 Å². The van der Waals surface area contributed by atoms with Crippen LogP contribution in [-0.4, -0.2) is 10.4 Å². The monoisotopic (exact) mass is 429 g/mol. The Morgan fingerprint density at radius 3 is 2.71 bits per heavy atom. The minimum absolute atomic E-state index is 0.124. The molecule has 4 nitrogen and oxygen atoms in total. The van der Waals surface area contributed by atoms with Crippen molar-refractivity contribution in [2.45, 2.75) is 20.1 Å². The van der Waals surface area contributed by atoms with Crippen LogP contribution in [-0.2, 0) is 13.2 Å². The largest absolute Gasteiger partial charge is 0.489 e. The number of rotatable bonds is 5. The van der Waals surface area contributed by atoms with E-state index in [0.29, 0.717) is 34.5 Å². The molecular formula is C26H20ClNO3. The fourth-order valence-corrected chi connectivity index (χ4v) is 4.02. The van der Waals surface area contributed by atoms with Gasteiger partial charge in [0.15, 0.2) is 5.76 Å². The van der Waals surface area contributed by atoms with E-state index >= 15 is 0 Å². The predicted molar refractivity (Wildman–Crippen MR) is 123 cm³/mol. The van der Waals surface area contributed by atoms with Gasteiger partial charge < -0.3 is 14.0 Å². The molecule has 0 amide bonds. The molecule has 0 saturated carbocycles. The van der Waals surface area contributed by atoms with Crippen molar-refractivity contribution in [1.29, 1.82) is 0 Å². The van der Waals surface area contributed by atoms with E-state index in [0.717, 1.165) is 28.6 Å². The van der Waals surface area contributed by atoms with Gasteiger partial charge in [-0.15, -0.1) is 0 Å². The molecule has 0 aliphatic carbocycles. The quantitative estimate of drug-likeness (QED) is 0.339. The number of aromatic nitrogens is 1. The SMILES string of the molecule is CCn1cc(C=C2Oc3cc(OCc4ccccc4Cl)ccc3C2=O)c2ccccc21. The second kappa shape index (κ2) is 7.97. The van der Waals surface area contributed by atoms with E-state index in [1.165, 1.54) is 0 Å². The maximum absolute atomic E-state index is 12.9. The van der Waals surface area contributed by atoms with E-state index in [1.54, 1.807) is 18.2 Å². The molecule has 1 aliphatic rings. The Hall–Kier alpha value is -3.50. The molecule has 5 rings (SSSR count). The van der Waals surface area contributed by atoms with Gasteiger partial charge in [0.25, 0.3) is 0 Å². The van der Waals surface area contributed by atoms with Gasteiger partial charge in [0, 0.05) is 45.9 Å². The lowest BCUT2D eigenvalue weighted by molar-refractivity contribution is 0.101. The van der Waals surface area contributed by atoms with Gasteiger partial charge in [-0.3, -0.25) is 4.79 Å². The van der Waals surface area contributed by atoms with Crippen molar-refractivity contribution in [2.24, 2.45) is 0 Å². The Morgan fingerprint density at radius 2 is 1.87 bits per heavy atom. The van der Waals surface area contributed by atoms with Crippen molar-refractivity contribution in [3.63, 3.8) is 0 Å². The van der Waals surface area contributed by atoms with Gasteiger partial charge in [-0.1, -0.05) is 48.0 Å². The number of ether oxygens (including phenoxy) is 2. The summed E-state index contributed by atoms with van der Waals surface area (Å²) < 4.78 is 14.0. The molecule has 0 radical (unpaired) electrons. The fourth-order valence-electron chi connectivity index (χ4n) is 3.83. The van der Waals surface area contributed by atoms with E-state index < -0.39 is 0 Å². The minimum atomic E-state index is -0.124. The Kier molecular flexibility index (Phi) is 5.00. The third-order valence-corrected chi connectivity index (χ3v) is 5.81. The summed E-state index contributed by atoms with van der Waals surface area (Å²) in [6.07, 6.45) is 3.87. The lowest BCUT2D eigenvalue weighted by atomic mass is 10.1. The van der Waals surface area contributed by atoms with Gasteiger partial charge in [-0.2, -0.15) is 0 Å². The molecule has 0 bridgehead atoms. The summed E-state index contributed by atoms with van der Waals surface area (Å²) in [6, 6.07) is 21.0. The maximum Gasteiger partial charge on any atom is 0.231 e. The van der Waals surface area contributed by atoms with E-state index in [9.17, 15) is 4.79 Å². The number of hydrogen-bond acceptors (Lipinski definition) is 3. The maximum atomic E-state index is 12.9. The Morgan fingerprint density at radius 1 is 1.06 bits per heavy atom. The summed E-state index contributed by atoms with van der Waals surface area (Å²) in [5.74, 6) is 1.32. The van der Waals surface area contributed by atoms with Crippen molar-refractivity contribution in [3.05, 3.63) is 100 Å². The summed E-state index contributed by atoms with van der Waals surface area (Å²) in [4.78, 5) is 12.9. The zero-order valence-corrected chi connectivity index (χ0v) is 17.7. The van der Waals surface area contributed by atoms with Gasteiger partial charge >= 0.3 is 0 Å². The third-order valence-electron chi connectivity index (χ3n) is 5.44. The molecule has 0 N–H and O–H groups in total. The molecule has 31 heavy (non-hydrogen) atoms. The molecule has 154 valence electrons. The van der Waals surface area contributed by atoms with E-state index in [1.807, 2.05) is 42.5 Å². The molecule has 2 heterocycles. The summed E-state index contributed by atoms with van der Waals surface area (Å²) in [6.45, 7) is 3.29. The normalized spacial score (nSPS) is 14.1. The van der Waals surface area contributed by atoms with Crippen molar-refractivity contribution in [1.82, 2.24) is 4.57 Å². The van der Waals surface area contributed by atoms with Crippen LogP contribution < -0.4 is 9.47 Å². The van der Waals surface area contributed by atoms with Gasteiger partial charge in [0.2, 0.25) is 5.78 Å². The Labute approximate surface area is 185 Å². The van der Waals surface area contributed by atoms with Gasteiger partial charge in [-0.25, -0.2) is 0 Å². The lowest BCUT2D eigenvalue weighted by Gasteiger charge is -2.08. The average molecular weight is 430 g/mol. The molecule has 0 spiro atoms. The summed E-state index contributed by atoms with van der Waals surface area (Å²) in [5, 5.41) is 1.75. The molecule has 0 atom stereocenters. The number of halogens is 1. The van der Waals surface area contributed by atoms with Crippen molar-refractivity contribution >= 4 is 34.4 Å². The van der Waals surface area contributed by atoms with Gasteiger partial charge in [0.1, 0.15) is 18.1 Å². The Balaban J connectivity index is 1.41. The molecule has 5 heteroatoms. The van der Waals surface area contributed by atoms with Gasteiger partial charge in [0.05, 0.1) is 5.56 Å². The van der Waals surface area contributed by atoms with Crippen LogP contribution in [0.25, 0.3) is 17.0 Å². The first kappa shape index (κ1) is 19.5. The highest BCUT2D eigenvalue weighted by Gasteiger charge is 2.28. The van der Waals surface area contributed by atoms with Crippen LogP contribution in [0, 0.1) is 0 Å². The first-order valence-electron chi connectivity index (χ1n) is 10.2. The number of carbonyl (C=O) groups is 1. The second-order valence-electron chi connectivity index (χ2n) is 7.37. The molecule has 0 unspecified atom stereocenters. The number of Topliss-reactive ketones (excluding diaryl/α,β-unsaturated/α-hetero) is 1. The first-order valence-corrected chi connectivity index (χ1v) is 10.5. The van der Waals surface area contributed by atoms with E-state index in [4.69, 9.17) is 21.1 Å². The molecule has 0 fully saturated rings. The van der Waals surface area contributed by atoms with Gasteiger partial charge in [-0.05, 0) is 37.3 Å². The van der Waals surface area contributed by atoms with Crippen LogP contribution in [0.4, 0.5) is 0 Å². The molecular weight excluding hydrogens is 410 g/mol. The minimum Gasteiger partial charge on any atom is -0.489 e. The van der Waals surface area contributed by atoms with Crippen LogP contribution in [0.5, 0.6) is 11.5 Å². The van der Waals surface area contributed by atoms with Crippen LogP contribution >= 0.6 is 11.6 Å². The number of para-hydroxylation sites is 1. The number of benzene rings is 3. The van der Waals surface area contributed by atoms with Crippen LogP contribution in [0.1, 0.15) is 28.4 Å². The summed E-state index contributed by atoms with van der Waals surface area (Å²) in [5.41, 5.74) is 3.53. The van der Waals surface area contributed by atoms with Crippen LogP contribution in [0.3, 0.4) is 0 Å². The molecule has 3 aromatic carbocycles. The highest BCUT2D eigenvalue weighted by molar-refractivity contribution is 6.31. The van der Waals surface area contributed by atoms with Crippen LogP contribution in [0.2, 0.25) is 5.02 Å². The number of carbonyl (C=O) groups excluding carboxylic acids is 1. The third kappa shape index (κ3) is 3.60. The van der Waals surface area contributed by atoms with E-state index in [-0.39, 0.29) is 5.78 Å². The van der Waals surface area contributed by atoms with Crippen LogP contribution in [0.15, 0.2) is 78.7 Å². The molecule has 0 saturated heterocycles. The van der Waals surface area contributed by atoms with Crippen molar-refractivity contribution < 1.29 is 14.3 Å². The number of fused-ring (bicyclic) bond motifs is 2. The zero-order chi connectivity index (χ0) is 21.4. The zero-order valence-electron chi connectivity index (χ0n) is 17.0. The summed E-state index contributed by atoms with van der Waals surface area (Å²) >= 11 is 6.19. The molecule has 1 aliphatic heterocycles. The smallest absolute Gasteiger partial charge is 0.231 e. The number of ketones is 1. The van der Waals surface area contributed by atoms with Crippen molar-refractivity contribution in [2.75, 3.05) is 0 Å². The second-order valence-corrected chi connectivity index (χ2v) is 7.77. The summed E-state index contributed by atoms with van der Waals surface area (Å²) in [7, 11) is 0. The number of nitrogens with zero attached hydrogens (tertiary/aromatic N) is 1. The number of hydrogen-bond donors (Lipinski definition) is 0. The Bertz CT molecular complexity index is 1340. The number of allylic oxidation sites excluding steroid dienone is 1. The average Bonchev–Trinajstić information content (AvgIpc) is 3.30.